The third-order valence-electron chi connectivity index (χ3n) is 3.51. The Bertz CT molecular complexity index is 688. The third-order valence-corrected chi connectivity index (χ3v) is 4.81. The molecule has 1 aromatic carbocycles. The second-order valence-corrected chi connectivity index (χ2v) is 7.21. The van der Waals surface area contributed by atoms with E-state index in [0.29, 0.717) is 37.2 Å². The summed E-state index contributed by atoms with van der Waals surface area (Å²) < 4.78 is 24.2. The van der Waals surface area contributed by atoms with Crippen LogP contribution in [0.25, 0.3) is 0 Å². The summed E-state index contributed by atoms with van der Waals surface area (Å²) >= 11 is 0. The van der Waals surface area contributed by atoms with Gasteiger partial charge in [0.1, 0.15) is 0 Å². The Morgan fingerprint density at radius 2 is 2.05 bits per heavy atom. The Kier molecular flexibility index (Phi) is 5.00. The zero-order valence-corrected chi connectivity index (χ0v) is 13.1. The van der Waals surface area contributed by atoms with Crippen LogP contribution in [0.1, 0.15) is 18.4 Å². The summed E-state index contributed by atoms with van der Waals surface area (Å²) in [7, 11) is -3.16. The highest BCUT2D eigenvalue weighted by molar-refractivity contribution is 7.88. The highest BCUT2D eigenvalue weighted by Gasteiger charge is 2.25. The fourth-order valence-electron chi connectivity index (χ4n) is 2.35. The van der Waals surface area contributed by atoms with E-state index < -0.39 is 10.0 Å². The van der Waals surface area contributed by atoms with E-state index in [1.807, 2.05) is 6.07 Å². The number of piperidine rings is 1. The Balaban J connectivity index is 1.85. The lowest BCUT2D eigenvalue weighted by atomic mass is 10.1. The molecule has 0 unspecified atom stereocenters. The Morgan fingerprint density at radius 1 is 1.36 bits per heavy atom. The average molecular weight is 322 g/mol. The topological polar surface area (TPSA) is 102 Å². The first-order chi connectivity index (χ1) is 10.4. The lowest BCUT2D eigenvalue weighted by Crippen LogP contribution is -2.47. The quantitative estimate of drug-likeness (QED) is 0.870. The molecule has 0 aromatic heterocycles. The van der Waals surface area contributed by atoms with Crippen molar-refractivity contribution in [2.45, 2.75) is 18.9 Å². The molecule has 0 spiro atoms. The molecule has 118 valence electrons. The number of carbonyl (C=O) groups is 1. The molecule has 0 saturated carbocycles. The summed E-state index contributed by atoms with van der Waals surface area (Å²) in [5.74, 6) is 0. The molecule has 0 atom stereocenters. The molecule has 2 rings (SSSR count). The van der Waals surface area contributed by atoms with Crippen LogP contribution in [-0.2, 0) is 10.0 Å². The number of anilines is 1. The second kappa shape index (κ2) is 6.77. The van der Waals surface area contributed by atoms with Gasteiger partial charge in [-0.2, -0.15) is 5.26 Å². The molecular weight excluding hydrogens is 304 g/mol. The van der Waals surface area contributed by atoms with Crippen LogP contribution in [0.15, 0.2) is 24.3 Å². The Morgan fingerprint density at radius 3 is 2.64 bits per heavy atom. The van der Waals surface area contributed by atoms with Crippen molar-refractivity contribution in [1.29, 1.82) is 5.26 Å². The van der Waals surface area contributed by atoms with Crippen LogP contribution in [0.2, 0.25) is 0 Å². The summed E-state index contributed by atoms with van der Waals surface area (Å²) in [6, 6.07) is 8.24. The van der Waals surface area contributed by atoms with E-state index >= 15 is 0 Å². The summed E-state index contributed by atoms with van der Waals surface area (Å²) in [5, 5.41) is 14.3. The van der Waals surface area contributed by atoms with Crippen LogP contribution in [0.4, 0.5) is 10.5 Å². The molecule has 7 nitrogen and oxygen atoms in total. The van der Waals surface area contributed by atoms with Gasteiger partial charge >= 0.3 is 6.03 Å². The fraction of sp³-hybridized carbons (Fsp3) is 0.429. The minimum Gasteiger partial charge on any atom is -0.335 e. The molecule has 0 bridgehead atoms. The molecule has 1 aromatic rings. The van der Waals surface area contributed by atoms with Crippen LogP contribution in [-0.4, -0.2) is 44.1 Å². The highest BCUT2D eigenvalue weighted by Crippen LogP contribution is 2.14. The van der Waals surface area contributed by atoms with Gasteiger partial charge in [-0.05, 0) is 31.0 Å². The zero-order chi connectivity index (χ0) is 16.2. The van der Waals surface area contributed by atoms with E-state index in [-0.39, 0.29) is 12.1 Å². The van der Waals surface area contributed by atoms with Crippen molar-refractivity contribution in [1.82, 2.24) is 9.62 Å². The molecule has 2 N–H and O–H groups in total. The van der Waals surface area contributed by atoms with Crippen molar-refractivity contribution in [2.24, 2.45) is 0 Å². The third kappa shape index (κ3) is 4.44. The predicted octanol–water partition coefficient (Wildman–Crippen LogP) is 1.10. The second-order valence-electron chi connectivity index (χ2n) is 5.23. The smallest absolute Gasteiger partial charge is 0.319 e. The molecular formula is C14H18N4O3S. The van der Waals surface area contributed by atoms with Gasteiger partial charge in [-0.3, -0.25) is 0 Å². The molecule has 0 radical (unpaired) electrons. The fourth-order valence-corrected chi connectivity index (χ4v) is 3.22. The lowest BCUT2D eigenvalue weighted by Gasteiger charge is -2.30. The number of rotatable bonds is 3. The first-order valence-corrected chi connectivity index (χ1v) is 8.76. The van der Waals surface area contributed by atoms with Crippen LogP contribution in [0, 0.1) is 11.3 Å². The zero-order valence-electron chi connectivity index (χ0n) is 12.2. The first kappa shape index (κ1) is 16.3. The van der Waals surface area contributed by atoms with Gasteiger partial charge in [-0.1, -0.05) is 6.07 Å². The number of hydrogen-bond donors (Lipinski definition) is 2. The van der Waals surface area contributed by atoms with Crippen molar-refractivity contribution in [3.8, 4) is 6.07 Å². The minimum absolute atomic E-state index is 0.0582. The molecule has 2 amide bonds. The predicted molar refractivity (Wildman–Crippen MR) is 82.8 cm³/mol. The van der Waals surface area contributed by atoms with Gasteiger partial charge in [0.2, 0.25) is 10.0 Å². The number of urea groups is 1. The van der Waals surface area contributed by atoms with E-state index in [9.17, 15) is 13.2 Å². The van der Waals surface area contributed by atoms with Crippen molar-refractivity contribution in [3.63, 3.8) is 0 Å². The van der Waals surface area contributed by atoms with Crippen LogP contribution in [0.5, 0.6) is 0 Å². The molecule has 1 saturated heterocycles. The standard InChI is InChI=1S/C14H18N4O3S/c1-22(20,21)18-7-5-12(6-8-18)16-14(19)17-13-4-2-3-11(9-13)10-15/h2-4,9,12H,5-8H2,1H3,(H2,16,17,19). The van der Waals surface area contributed by atoms with Gasteiger partial charge in [0.25, 0.3) is 0 Å². The first-order valence-electron chi connectivity index (χ1n) is 6.91. The highest BCUT2D eigenvalue weighted by atomic mass is 32.2. The maximum atomic E-state index is 11.9. The van der Waals surface area contributed by atoms with Crippen molar-refractivity contribution >= 4 is 21.7 Å². The van der Waals surface area contributed by atoms with Crippen LogP contribution >= 0.6 is 0 Å². The van der Waals surface area contributed by atoms with Crippen molar-refractivity contribution in [3.05, 3.63) is 29.8 Å². The number of carbonyl (C=O) groups excluding carboxylic acids is 1. The van der Waals surface area contributed by atoms with E-state index in [4.69, 9.17) is 5.26 Å². The Hall–Kier alpha value is -2.11. The maximum absolute atomic E-state index is 11.9. The SMILES string of the molecule is CS(=O)(=O)N1CCC(NC(=O)Nc2cccc(C#N)c2)CC1. The normalized spacial score (nSPS) is 16.7. The molecule has 0 aliphatic carbocycles. The molecule has 1 aliphatic heterocycles. The summed E-state index contributed by atoms with van der Waals surface area (Å²) in [5.41, 5.74) is 1.02. The largest absolute Gasteiger partial charge is 0.335 e. The molecule has 22 heavy (non-hydrogen) atoms. The van der Waals surface area contributed by atoms with Gasteiger partial charge in [0, 0.05) is 24.8 Å². The average Bonchev–Trinajstić information content (AvgIpc) is 2.47. The number of benzene rings is 1. The number of nitrogens with zero attached hydrogens (tertiary/aromatic N) is 2. The van der Waals surface area contributed by atoms with Crippen LogP contribution < -0.4 is 10.6 Å². The summed E-state index contributed by atoms with van der Waals surface area (Å²) in [4.78, 5) is 11.9. The van der Waals surface area contributed by atoms with Gasteiger partial charge in [0.15, 0.2) is 0 Å². The lowest BCUT2D eigenvalue weighted by molar-refractivity contribution is 0.238. The van der Waals surface area contributed by atoms with Crippen molar-refractivity contribution < 1.29 is 13.2 Å². The molecule has 1 aliphatic rings. The van der Waals surface area contributed by atoms with E-state index in [2.05, 4.69) is 10.6 Å². The number of sulfonamides is 1. The van der Waals surface area contributed by atoms with Crippen molar-refractivity contribution in [2.75, 3.05) is 24.7 Å². The van der Waals surface area contributed by atoms with Gasteiger partial charge in [0.05, 0.1) is 17.9 Å². The van der Waals surface area contributed by atoms with E-state index in [1.54, 1.807) is 24.3 Å². The monoisotopic (exact) mass is 322 g/mol. The molecule has 1 fully saturated rings. The van der Waals surface area contributed by atoms with Gasteiger partial charge in [-0.15, -0.1) is 0 Å². The van der Waals surface area contributed by atoms with Crippen LogP contribution in [0.3, 0.4) is 0 Å². The number of nitriles is 1. The van der Waals surface area contributed by atoms with E-state index in [1.165, 1.54) is 10.6 Å². The Labute approximate surface area is 130 Å². The summed E-state index contributed by atoms with van der Waals surface area (Å²) in [6.07, 6.45) is 2.35. The van der Waals surface area contributed by atoms with E-state index in [0.717, 1.165) is 0 Å². The molecule has 1 heterocycles. The van der Waals surface area contributed by atoms with Gasteiger partial charge < -0.3 is 10.6 Å². The number of amides is 2. The van der Waals surface area contributed by atoms with Gasteiger partial charge in [-0.25, -0.2) is 17.5 Å². The number of hydrogen-bond acceptors (Lipinski definition) is 4. The number of nitrogens with one attached hydrogen (secondary N) is 2. The minimum atomic E-state index is -3.16. The molecule has 8 heteroatoms. The summed E-state index contributed by atoms with van der Waals surface area (Å²) in [6.45, 7) is 0.821. The maximum Gasteiger partial charge on any atom is 0.319 e.